The number of amides is 2. The van der Waals surface area contributed by atoms with Crippen LogP contribution >= 0.6 is 0 Å². The molecule has 0 atom stereocenters. The molecule has 1 heterocycles. The van der Waals surface area contributed by atoms with E-state index in [0.717, 1.165) is 6.42 Å². The molecule has 1 aliphatic heterocycles. The van der Waals surface area contributed by atoms with Crippen LogP contribution in [0.5, 0.6) is 0 Å². The zero-order valence-corrected chi connectivity index (χ0v) is 10.2. The second kappa shape index (κ2) is 6.06. The smallest absolute Gasteiger partial charge is 0.345 e. The topological polar surface area (TPSA) is 49.4 Å². The van der Waals surface area contributed by atoms with Crippen LogP contribution in [0.4, 0.5) is 13.2 Å². The molecular formula is C11H17F3N2O2. The Morgan fingerprint density at radius 1 is 1.28 bits per heavy atom. The second-order valence-corrected chi connectivity index (χ2v) is 4.38. The first kappa shape index (κ1) is 14.8. The van der Waals surface area contributed by atoms with Crippen LogP contribution in [-0.4, -0.2) is 42.0 Å². The van der Waals surface area contributed by atoms with E-state index in [1.54, 1.807) is 4.90 Å². The molecule has 0 aromatic heterocycles. The molecule has 104 valence electrons. The Morgan fingerprint density at radius 2 is 1.83 bits per heavy atom. The minimum atomic E-state index is -4.84. The van der Waals surface area contributed by atoms with E-state index in [2.05, 4.69) is 0 Å². The van der Waals surface area contributed by atoms with E-state index in [4.69, 9.17) is 0 Å². The summed E-state index contributed by atoms with van der Waals surface area (Å²) in [6.45, 7) is 2.71. The van der Waals surface area contributed by atoms with Crippen molar-refractivity contribution in [2.75, 3.05) is 13.1 Å². The Kier molecular flexibility index (Phi) is 4.98. The van der Waals surface area contributed by atoms with Gasteiger partial charge in [0.2, 0.25) is 5.91 Å². The maximum atomic E-state index is 12.0. The Morgan fingerprint density at radius 3 is 2.28 bits per heavy atom. The molecule has 1 rings (SSSR count). The molecule has 0 aliphatic carbocycles. The number of hydrogen-bond acceptors (Lipinski definition) is 2. The molecule has 18 heavy (non-hydrogen) atoms. The van der Waals surface area contributed by atoms with Crippen molar-refractivity contribution >= 4 is 11.8 Å². The van der Waals surface area contributed by atoms with Gasteiger partial charge in [-0.3, -0.25) is 9.59 Å². The summed E-state index contributed by atoms with van der Waals surface area (Å²) in [5.41, 5.74) is 0. The highest BCUT2D eigenvalue weighted by atomic mass is 19.4. The molecule has 0 saturated carbocycles. The van der Waals surface area contributed by atoms with Crippen molar-refractivity contribution in [2.45, 2.75) is 44.8 Å². The molecule has 1 aliphatic rings. The summed E-state index contributed by atoms with van der Waals surface area (Å²) < 4.78 is 36.1. The zero-order valence-electron chi connectivity index (χ0n) is 10.2. The van der Waals surface area contributed by atoms with Crippen molar-refractivity contribution in [3.05, 3.63) is 0 Å². The van der Waals surface area contributed by atoms with E-state index in [9.17, 15) is 22.8 Å². The standard InChI is InChI=1S/C11H17F3N2O2/c1-2-3-9(17)16-6-4-8(5-7-16)15-10(18)11(12,13)14/h8H,2-7H2,1H3,(H,15,18). The van der Waals surface area contributed by atoms with Crippen molar-refractivity contribution in [2.24, 2.45) is 0 Å². The lowest BCUT2D eigenvalue weighted by Gasteiger charge is -2.32. The fourth-order valence-electron chi connectivity index (χ4n) is 1.91. The van der Waals surface area contributed by atoms with E-state index in [-0.39, 0.29) is 5.91 Å². The predicted molar refractivity (Wildman–Crippen MR) is 58.7 cm³/mol. The van der Waals surface area contributed by atoms with Crippen molar-refractivity contribution in [1.29, 1.82) is 0 Å². The maximum absolute atomic E-state index is 12.0. The molecule has 0 bridgehead atoms. The third-order valence-electron chi connectivity index (χ3n) is 2.90. The molecule has 7 heteroatoms. The molecule has 0 radical (unpaired) electrons. The number of rotatable bonds is 3. The monoisotopic (exact) mass is 266 g/mol. The highest BCUT2D eigenvalue weighted by Crippen LogP contribution is 2.17. The number of nitrogens with one attached hydrogen (secondary N) is 1. The third-order valence-corrected chi connectivity index (χ3v) is 2.90. The van der Waals surface area contributed by atoms with Gasteiger partial charge in [-0.05, 0) is 19.3 Å². The van der Waals surface area contributed by atoms with E-state index in [1.165, 1.54) is 0 Å². The van der Waals surface area contributed by atoms with Crippen molar-refractivity contribution in [3.8, 4) is 0 Å². The molecule has 1 fully saturated rings. The van der Waals surface area contributed by atoms with Gasteiger partial charge in [0.05, 0.1) is 0 Å². The summed E-state index contributed by atoms with van der Waals surface area (Å²) in [4.78, 5) is 23.9. The quantitative estimate of drug-likeness (QED) is 0.840. The highest BCUT2D eigenvalue weighted by Gasteiger charge is 2.40. The largest absolute Gasteiger partial charge is 0.471 e. The fraction of sp³-hybridized carbons (Fsp3) is 0.818. The van der Waals surface area contributed by atoms with Crippen LogP contribution in [0, 0.1) is 0 Å². The van der Waals surface area contributed by atoms with Gasteiger partial charge in [0.15, 0.2) is 0 Å². The van der Waals surface area contributed by atoms with E-state index in [1.807, 2.05) is 12.2 Å². The van der Waals surface area contributed by atoms with Crippen LogP contribution in [0.25, 0.3) is 0 Å². The van der Waals surface area contributed by atoms with Gasteiger partial charge in [0, 0.05) is 25.6 Å². The lowest BCUT2D eigenvalue weighted by molar-refractivity contribution is -0.174. The van der Waals surface area contributed by atoms with Crippen LogP contribution in [0.3, 0.4) is 0 Å². The average molecular weight is 266 g/mol. The maximum Gasteiger partial charge on any atom is 0.471 e. The third kappa shape index (κ3) is 4.19. The average Bonchev–Trinajstić information content (AvgIpc) is 2.29. The van der Waals surface area contributed by atoms with Crippen LogP contribution in [-0.2, 0) is 9.59 Å². The SMILES string of the molecule is CCCC(=O)N1CCC(NC(=O)C(F)(F)F)CC1. The van der Waals surface area contributed by atoms with E-state index in [0.29, 0.717) is 32.4 Å². The van der Waals surface area contributed by atoms with Gasteiger partial charge in [-0.1, -0.05) is 6.92 Å². The van der Waals surface area contributed by atoms with Gasteiger partial charge in [-0.15, -0.1) is 0 Å². The Balaban J connectivity index is 2.36. The molecule has 0 aromatic rings. The molecule has 2 amide bonds. The Bertz CT molecular complexity index is 310. The van der Waals surface area contributed by atoms with Gasteiger partial charge in [-0.25, -0.2) is 0 Å². The van der Waals surface area contributed by atoms with Gasteiger partial charge < -0.3 is 10.2 Å². The molecular weight excluding hydrogens is 249 g/mol. The number of likely N-dealkylation sites (tertiary alicyclic amines) is 1. The van der Waals surface area contributed by atoms with Crippen molar-refractivity contribution in [1.82, 2.24) is 10.2 Å². The van der Waals surface area contributed by atoms with Crippen LogP contribution in [0.2, 0.25) is 0 Å². The van der Waals surface area contributed by atoms with Crippen molar-refractivity contribution in [3.63, 3.8) is 0 Å². The number of hydrogen-bond donors (Lipinski definition) is 1. The molecule has 1 N–H and O–H groups in total. The summed E-state index contributed by atoms with van der Waals surface area (Å²) in [5, 5.41) is 1.95. The second-order valence-electron chi connectivity index (χ2n) is 4.38. The minimum Gasteiger partial charge on any atom is -0.345 e. The summed E-state index contributed by atoms with van der Waals surface area (Å²) in [5.74, 6) is -1.88. The summed E-state index contributed by atoms with van der Waals surface area (Å²) in [7, 11) is 0. The Labute approximate surface area is 104 Å². The highest BCUT2D eigenvalue weighted by molar-refractivity contribution is 5.82. The first-order valence-corrected chi connectivity index (χ1v) is 6.00. The molecule has 0 aromatic carbocycles. The lowest BCUT2D eigenvalue weighted by atomic mass is 10.0. The predicted octanol–water partition coefficient (Wildman–Crippen LogP) is 1.46. The number of nitrogens with zero attached hydrogens (tertiary/aromatic N) is 1. The first-order valence-electron chi connectivity index (χ1n) is 6.00. The van der Waals surface area contributed by atoms with E-state index < -0.39 is 18.1 Å². The van der Waals surface area contributed by atoms with Crippen LogP contribution < -0.4 is 5.32 Å². The van der Waals surface area contributed by atoms with Crippen molar-refractivity contribution < 1.29 is 22.8 Å². The fourth-order valence-corrected chi connectivity index (χ4v) is 1.91. The van der Waals surface area contributed by atoms with E-state index >= 15 is 0 Å². The summed E-state index contributed by atoms with van der Waals surface area (Å²) >= 11 is 0. The molecule has 0 unspecified atom stereocenters. The van der Waals surface area contributed by atoms with Gasteiger partial charge >= 0.3 is 12.1 Å². The number of halogens is 3. The normalized spacial score (nSPS) is 17.7. The molecule has 0 spiro atoms. The minimum absolute atomic E-state index is 0.0260. The molecule has 1 saturated heterocycles. The number of carbonyl (C=O) groups excluding carboxylic acids is 2. The van der Waals surface area contributed by atoms with Gasteiger partial charge in [0.25, 0.3) is 0 Å². The summed E-state index contributed by atoms with van der Waals surface area (Å²) in [6.07, 6.45) is -2.88. The lowest BCUT2D eigenvalue weighted by Crippen LogP contribution is -2.49. The zero-order chi connectivity index (χ0) is 13.8. The van der Waals surface area contributed by atoms with Gasteiger partial charge in [-0.2, -0.15) is 13.2 Å². The number of piperidine rings is 1. The Hall–Kier alpha value is -1.27. The number of carbonyl (C=O) groups is 2. The van der Waals surface area contributed by atoms with Crippen LogP contribution in [0.1, 0.15) is 32.6 Å². The summed E-state index contributed by atoms with van der Waals surface area (Å²) in [6, 6.07) is -0.496. The number of alkyl halides is 3. The van der Waals surface area contributed by atoms with Crippen LogP contribution in [0.15, 0.2) is 0 Å². The molecule has 4 nitrogen and oxygen atoms in total. The first-order chi connectivity index (χ1) is 8.34. The van der Waals surface area contributed by atoms with Gasteiger partial charge in [0.1, 0.15) is 0 Å².